The molecular formula is C23H30N4O5S. The molecule has 33 heavy (non-hydrogen) atoms. The zero-order chi connectivity index (χ0) is 24.0. The first-order chi connectivity index (χ1) is 15.8. The van der Waals surface area contributed by atoms with E-state index in [1.807, 2.05) is 11.8 Å². The molecule has 9 nitrogen and oxygen atoms in total. The van der Waals surface area contributed by atoms with E-state index in [0.717, 1.165) is 0 Å². The summed E-state index contributed by atoms with van der Waals surface area (Å²) in [5.74, 6) is 0.371. The van der Waals surface area contributed by atoms with Gasteiger partial charge in [-0.1, -0.05) is 6.07 Å². The number of rotatable bonds is 8. The lowest BCUT2D eigenvalue weighted by atomic mass is 10.2. The van der Waals surface area contributed by atoms with Crippen molar-refractivity contribution in [3.05, 3.63) is 54.1 Å². The Morgan fingerprint density at radius 1 is 1.06 bits per heavy atom. The number of ether oxygens (including phenoxy) is 1. The molecular weight excluding hydrogens is 444 g/mol. The van der Waals surface area contributed by atoms with Crippen molar-refractivity contribution in [2.45, 2.75) is 11.8 Å². The zero-order valence-corrected chi connectivity index (χ0v) is 20.0. The largest absolute Gasteiger partial charge is 0.497 e. The maximum absolute atomic E-state index is 13.2. The zero-order valence-electron chi connectivity index (χ0n) is 19.2. The van der Waals surface area contributed by atoms with Crippen molar-refractivity contribution in [1.82, 2.24) is 15.1 Å². The monoisotopic (exact) mass is 474 g/mol. The van der Waals surface area contributed by atoms with Crippen LogP contribution in [0.25, 0.3) is 0 Å². The first-order valence-electron chi connectivity index (χ1n) is 10.8. The molecule has 1 saturated heterocycles. The maximum atomic E-state index is 13.2. The Kier molecular flexibility index (Phi) is 7.93. The lowest BCUT2D eigenvalue weighted by molar-refractivity contribution is -0.122. The van der Waals surface area contributed by atoms with Crippen molar-refractivity contribution in [3.8, 4) is 5.75 Å². The lowest BCUT2D eigenvalue weighted by Crippen LogP contribution is -2.51. The van der Waals surface area contributed by atoms with Crippen molar-refractivity contribution in [2.75, 3.05) is 57.7 Å². The standard InChI is InChI=1S/C23H30N4O5S/c1-4-24-22(28)17-26-12-14-27(15-13-26)23(29)18-6-5-7-21(16-18)33(30,31)25(2)19-8-10-20(32-3)11-9-19/h5-11,16H,4,12-15,17H2,1-3H3,(H,24,28). The number of piperazine rings is 1. The van der Waals surface area contributed by atoms with Crippen LogP contribution < -0.4 is 14.4 Å². The highest BCUT2D eigenvalue weighted by molar-refractivity contribution is 7.92. The predicted molar refractivity (Wildman–Crippen MR) is 126 cm³/mol. The molecule has 1 aliphatic rings. The van der Waals surface area contributed by atoms with Crippen LogP contribution in [-0.2, 0) is 14.8 Å². The second-order valence-corrected chi connectivity index (χ2v) is 9.69. The molecule has 0 aliphatic carbocycles. The van der Waals surface area contributed by atoms with Crippen molar-refractivity contribution in [1.29, 1.82) is 0 Å². The average molecular weight is 475 g/mol. The van der Waals surface area contributed by atoms with E-state index in [9.17, 15) is 18.0 Å². The molecule has 0 bridgehead atoms. The predicted octanol–water partition coefficient (Wildman–Crippen LogP) is 1.41. The molecule has 1 aliphatic heterocycles. The molecule has 1 heterocycles. The Hall–Kier alpha value is -3.11. The van der Waals surface area contributed by atoms with E-state index in [1.54, 1.807) is 48.4 Å². The Labute approximate surface area is 195 Å². The molecule has 0 radical (unpaired) electrons. The Balaban J connectivity index is 1.69. The van der Waals surface area contributed by atoms with Crippen molar-refractivity contribution in [3.63, 3.8) is 0 Å². The summed E-state index contributed by atoms with van der Waals surface area (Å²) in [6.07, 6.45) is 0. The highest BCUT2D eigenvalue weighted by Gasteiger charge is 2.26. The summed E-state index contributed by atoms with van der Waals surface area (Å²) in [7, 11) is -0.843. The molecule has 0 saturated carbocycles. The van der Waals surface area contributed by atoms with Gasteiger partial charge in [0.05, 0.1) is 24.2 Å². The van der Waals surface area contributed by atoms with Gasteiger partial charge in [-0.05, 0) is 49.4 Å². The Morgan fingerprint density at radius 3 is 2.33 bits per heavy atom. The second kappa shape index (κ2) is 10.7. The first kappa shape index (κ1) is 24.5. The third kappa shape index (κ3) is 5.82. The number of amides is 2. The topological polar surface area (TPSA) is 99.3 Å². The van der Waals surface area contributed by atoms with Crippen LogP contribution in [0.4, 0.5) is 5.69 Å². The summed E-state index contributed by atoms with van der Waals surface area (Å²) < 4.78 is 32.6. The van der Waals surface area contributed by atoms with Crippen LogP contribution in [0.1, 0.15) is 17.3 Å². The minimum Gasteiger partial charge on any atom is -0.497 e. The van der Waals surface area contributed by atoms with Gasteiger partial charge in [0.1, 0.15) is 5.75 Å². The van der Waals surface area contributed by atoms with Crippen molar-refractivity contribution < 1.29 is 22.7 Å². The number of nitrogens with one attached hydrogen (secondary N) is 1. The number of carbonyl (C=O) groups is 2. The van der Waals surface area contributed by atoms with Gasteiger partial charge in [-0.25, -0.2) is 8.42 Å². The number of methoxy groups -OCH3 is 1. The smallest absolute Gasteiger partial charge is 0.264 e. The summed E-state index contributed by atoms with van der Waals surface area (Å²) in [6, 6.07) is 12.8. The first-order valence-corrected chi connectivity index (χ1v) is 12.2. The van der Waals surface area contributed by atoms with Gasteiger partial charge in [-0.15, -0.1) is 0 Å². The summed E-state index contributed by atoms with van der Waals surface area (Å²) >= 11 is 0. The van der Waals surface area contributed by atoms with Crippen LogP contribution in [0.5, 0.6) is 5.75 Å². The lowest BCUT2D eigenvalue weighted by Gasteiger charge is -2.34. The minimum absolute atomic E-state index is 0.0313. The molecule has 2 amide bonds. The molecule has 10 heteroatoms. The van der Waals surface area contributed by atoms with Crippen LogP contribution in [0, 0.1) is 0 Å². The Morgan fingerprint density at radius 2 is 1.73 bits per heavy atom. The van der Waals surface area contributed by atoms with E-state index in [-0.39, 0.29) is 16.7 Å². The van der Waals surface area contributed by atoms with Crippen LogP contribution in [-0.4, -0.2) is 83.5 Å². The fourth-order valence-electron chi connectivity index (χ4n) is 3.63. The Bertz CT molecular complexity index is 1080. The van der Waals surface area contributed by atoms with Gasteiger partial charge >= 0.3 is 0 Å². The van der Waals surface area contributed by atoms with Crippen LogP contribution in [0.2, 0.25) is 0 Å². The van der Waals surface area contributed by atoms with E-state index in [4.69, 9.17) is 4.74 Å². The quantitative estimate of drug-likeness (QED) is 0.621. The van der Waals surface area contributed by atoms with E-state index >= 15 is 0 Å². The fraction of sp³-hybridized carbons (Fsp3) is 0.391. The number of anilines is 1. The molecule has 1 fully saturated rings. The third-order valence-electron chi connectivity index (χ3n) is 5.58. The number of benzene rings is 2. The van der Waals surface area contributed by atoms with Crippen LogP contribution >= 0.6 is 0 Å². The molecule has 2 aromatic carbocycles. The number of carbonyl (C=O) groups excluding carboxylic acids is 2. The number of likely N-dealkylation sites (N-methyl/N-ethyl adjacent to an activating group) is 1. The number of nitrogens with zero attached hydrogens (tertiary/aromatic N) is 3. The van der Waals surface area contributed by atoms with Gasteiger partial charge in [0.15, 0.2) is 0 Å². The van der Waals surface area contributed by atoms with E-state index < -0.39 is 10.0 Å². The van der Waals surface area contributed by atoms with Gasteiger partial charge in [0, 0.05) is 45.3 Å². The minimum atomic E-state index is -3.86. The second-order valence-electron chi connectivity index (χ2n) is 7.72. The summed E-state index contributed by atoms with van der Waals surface area (Å²) in [6.45, 7) is 4.88. The molecule has 0 atom stereocenters. The molecule has 178 valence electrons. The molecule has 2 aromatic rings. The van der Waals surface area contributed by atoms with Crippen LogP contribution in [0.15, 0.2) is 53.4 Å². The van der Waals surface area contributed by atoms with Gasteiger partial charge in [0.25, 0.3) is 15.9 Å². The summed E-state index contributed by atoms with van der Waals surface area (Å²) in [4.78, 5) is 28.5. The number of sulfonamides is 1. The van der Waals surface area contributed by atoms with Crippen molar-refractivity contribution in [2.24, 2.45) is 0 Å². The molecule has 1 N–H and O–H groups in total. The summed E-state index contributed by atoms with van der Waals surface area (Å²) in [5.41, 5.74) is 0.798. The number of hydrogen-bond acceptors (Lipinski definition) is 6. The average Bonchev–Trinajstić information content (AvgIpc) is 2.84. The molecule has 0 aromatic heterocycles. The van der Waals surface area contributed by atoms with Gasteiger partial charge in [-0.2, -0.15) is 0 Å². The molecule has 0 spiro atoms. The highest BCUT2D eigenvalue weighted by Crippen LogP contribution is 2.25. The summed E-state index contributed by atoms with van der Waals surface area (Å²) in [5, 5.41) is 2.77. The SMILES string of the molecule is CCNC(=O)CN1CCN(C(=O)c2cccc(S(=O)(=O)N(C)c3ccc(OC)cc3)c2)CC1. The van der Waals surface area contributed by atoms with E-state index in [1.165, 1.54) is 23.5 Å². The van der Waals surface area contributed by atoms with Gasteiger partial charge in [0.2, 0.25) is 5.91 Å². The maximum Gasteiger partial charge on any atom is 0.264 e. The van der Waals surface area contributed by atoms with Gasteiger partial charge in [-0.3, -0.25) is 18.8 Å². The number of hydrogen-bond donors (Lipinski definition) is 1. The van der Waals surface area contributed by atoms with Crippen molar-refractivity contribution >= 4 is 27.5 Å². The molecule has 0 unspecified atom stereocenters. The van der Waals surface area contributed by atoms with Gasteiger partial charge < -0.3 is 15.0 Å². The van der Waals surface area contributed by atoms with E-state index in [2.05, 4.69) is 5.32 Å². The van der Waals surface area contributed by atoms with E-state index in [0.29, 0.717) is 56.3 Å². The normalized spacial score (nSPS) is 14.6. The third-order valence-corrected chi connectivity index (χ3v) is 7.36. The molecule has 3 rings (SSSR count). The highest BCUT2D eigenvalue weighted by atomic mass is 32.2. The fourth-order valence-corrected chi connectivity index (χ4v) is 4.87. The van der Waals surface area contributed by atoms with Crippen LogP contribution in [0.3, 0.4) is 0 Å².